The summed E-state index contributed by atoms with van der Waals surface area (Å²) in [6.07, 6.45) is 6.03. The van der Waals surface area contributed by atoms with E-state index in [9.17, 15) is 26.3 Å². The van der Waals surface area contributed by atoms with Crippen molar-refractivity contribution in [3.8, 4) is 0 Å². The molecule has 0 aromatic heterocycles. The summed E-state index contributed by atoms with van der Waals surface area (Å²) in [4.78, 5) is 4.68. The lowest BCUT2D eigenvalue weighted by atomic mass is 9.90. The van der Waals surface area contributed by atoms with Crippen molar-refractivity contribution in [1.82, 2.24) is 16.0 Å². The highest BCUT2D eigenvalue weighted by Crippen LogP contribution is 2.42. The van der Waals surface area contributed by atoms with Gasteiger partial charge in [0.15, 0.2) is 0 Å². The number of hydrogen-bond acceptors (Lipinski definition) is 6. The van der Waals surface area contributed by atoms with Crippen LogP contribution in [-0.4, -0.2) is 39.3 Å². The molecule has 12 heteroatoms. The van der Waals surface area contributed by atoms with Gasteiger partial charge in [-0.25, -0.2) is 26.3 Å². The largest absolute Gasteiger partial charge is 0.317 e. The maximum absolute atomic E-state index is 14.5. The minimum atomic E-state index is -0.598. The van der Waals surface area contributed by atoms with Gasteiger partial charge in [-0.05, 0) is 217 Å². The molecule has 3 heterocycles. The third-order valence-corrected chi connectivity index (χ3v) is 15.8. The van der Waals surface area contributed by atoms with Crippen molar-refractivity contribution >= 4 is 35.3 Å². The minimum absolute atomic E-state index is 0.0963. The average Bonchev–Trinajstić information content (AvgIpc) is 3.32. The Bertz CT molecular complexity index is 2420. The standard InChI is InChI=1S/C19H22FNS.C18H19F2NS.C17H16F3NS/c1-13-6-7-18(14(2)12-13)22-19-16(4-3-5-17(19)20)15-8-10-21-11-9-15;1-12-2-4-18(16(20)10-12)22-17-5-3-14(19)11-15(17)13-6-8-21-9-7-13;18-12-1-3-16(14(9-12)11-5-7-21-8-6-11)22-17-4-2-13(19)10-15(17)20/h3-7,12,15,21H,8-11H2,1-2H3;2-5,10-11,13,21H,6-9H2,1H3;1-4,9-11,21H,5-8H2. The predicted octanol–water partition coefficient (Wildman–Crippen LogP) is 14.7. The molecule has 6 aromatic rings. The number of aryl methyl sites for hydroxylation is 3. The summed E-state index contributed by atoms with van der Waals surface area (Å²) in [7, 11) is 0. The van der Waals surface area contributed by atoms with Crippen molar-refractivity contribution in [3.05, 3.63) is 177 Å². The first-order chi connectivity index (χ1) is 31.9. The van der Waals surface area contributed by atoms with Crippen LogP contribution in [0.5, 0.6) is 0 Å². The smallest absolute Gasteiger partial charge is 0.140 e. The molecule has 348 valence electrons. The van der Waals surface area contributed by atoms with E-state index in [0.29, 0.717) is 21.6 Å². The number of hydrogen-bond donors (Lipinski definition) is 3. The normalized spacial score (nSPS) is 16.0. The molecule has 66 heavy (non-hydrogen) atoms. The van der Waals surface area contributed by atoms with Crippen LogP contribution >= 0.6 is 35.3 Å². The Labute approximate surface area is 398 Å². The van der Waals surface area contributed by atoms with Gasteiger partial charge in [0.2, 0.25) is 0 Å². The van der Waals surface area contributed by atoms with Crippen molar-refractivity contribution in [2.24, 2.45) is 0 Å². The van der Waals surface area contributed by atoms with Crippen LogP contribution in [0.2, 0.25) is 0 Å². The van der Waals surface area contributed by atoms with E-state index in [1.807, 2.05) is 19.1 Å². The lowest BCUT2D eigenvalue weighted by Gasteiger charge is -2.25. The summed E-state index contributed by atoms with van der Waals surface area (Å²) in [6, 6.07) is 30.1. The van der Waals surface area contributed by atoms with Crippen molar-refractivity contribution in [2.45, 2.75) is 106 Å². The Balaban J connectivity index is 0.000000147. The van der Waals surface area contributed by atoms with Crippen LogP contribution in [0.3, 0.4) is 0 Å². The summed E-state index contributed by atoms with van der Waals surface area (Å²) >= 11 is 4.19. The first-order valence-corrected chi connectivity index (χ1v) is 25.2. The van der Waals surface area contributed by atoms with Crippen LogP contribution in [0.15, 0.2) is 139 Å². The lowest BCUT2D eigenvalue weighted by molar-refractivity contribution is 0.452. The molecule has 3 saturated heterocycles. The predicted molar refractivity (Wildman–Crippen MR) is 260 cm³/mol. The first-order valence-electron chi connectivity index (χ1n) is 22.7. The molecule has 0 atom stereocenters. The number of halogens is 6. The second kappa shape index (κ2) is 24.2. The topological polar surface area (TPSA) is 36.1 Å². The van der Waals surface area contributed by atoms with Crippen molar-refractivity contribution in [3.63, 3.8) is 0 Å². The average molecular weight is 958 g/mol. The minimum Gasteiger partial charge on any atom is -0.317 e. The number of piperidine rings is 3. The second-order valence-electron chi connectivity index (χ2n) is 17.2. The molecule has 9 rings (SSSR count). The highest BCUT2D eigenvalue weighted by Gasteiger charge is 2.23. The van der Waals surface area contributed by atoms with Crippen LogP contribution in [0.25, 0.3) is 0 Å². The van der Waals surface area contributed by atoms with E-state index >= 15 is 0 Å². The third-order valence-electron chi connectivity index (χ3n) is 12.2. The van der Waals surface area contributed by atoms with Gasteiger partial charge in [0.25, 0.3) is 0 Å². The Morgan fingerprint density at radius 1 is 0.379 bits per heavy atom. The van der Waals surface area contributed by atoms with Crippen molar-refractivity contribution in [1.29, 1.82) is 0 Å². The molecule has 3 fully saturated rings. The van der Waals surface area contributed by atoms with Gasteiger partial charge in [0.1, 0.15) is 34.9 Å². The fraction of sp³-hybridized carbons (Fsp3) is 0.333. The summed E-state index contributed by atoms with van der Waals surface area (Å²) in [5.41, 5.74) is 6.45. The van der Waals surface area contributed by atoms with Gasteiger partial charge in [-0.15, -0.1) is 0 Å². The van der Waals surface area contributed by atoms with Gasteiger partial charge in [-0.1, -0.05) is 71.2 Å². The Morgan fingerprint density at radius 3 is 1.26 bits per heavy atom. The number of rotatable bonds is 9. The number of benzene rings is 6. The van der Waals surface area contributed by atoms with E-state index in [4.69, 9.17) is 0 Å². The quantitative estimate of drug-likeness (QED) is 0.125. The molecular formula is C54H57F6N3S3. The SMILES string of the molecule is Cc1ccc(Sc2c(F)cccc2C2CCNCC2)c(C)c1.Cc1ccc(Sc2ccc(F)cc2C2CCNCC2)c(F)c1.Fc1ccc(Sc2ccc(F)cc2C2CCNCC2)c(F)c1. The molecule has 0 spiro atoms. The monoisotopic (exact) mass is 957 g/mol. The maximum atomic E-state index is 14.5. The van der Waals surface area contributed by atoms with Crippen molar-refractivity contribution in [2.75, 3.05) is 39.3 Å². The Hall–Kier alpha value is -4.17. The van der Waals surface area contributed by atoms with E-state index < -0.39 is 11.6 Å². The molecule has 0 amide bonds. The zero-order valence-electron chi connectivity index (χ0n) is 37.6. The fourth-order valence-corrected chi connectivity index (χ4v) is 11.8. The first kappa shape index (κ1) is 49.7. The van der Waals surface area contributed by atoms with Crippen molar-refractivity contribution < 1.29 is 26.3 Å². The van der Waals surface area contributed by atoms with Gasteiger partial charge < -0.3 is 16.0 Å². The zero-order chi connectivity index (χ0) is 46.6. The second-order valence-corrected chi connectivity index (χ2v) is 20.4. The summed E-state index contributed by atoms with van der Waals surface area (Å²) in [6.45, 7) is 11.8. The van der Waals surface area contributed by atoms with E-state index in [1.165, 1.54) is 70.5 Å². The summed E-state index contributed by atoms with van der Waals surface area (Å²) < 4.78 is 82.7. The van der Waals surface area contributed by atoms with E-state index in [0.717, 1.165) is 120 Å². The van der Waals surface area contributed by atoms with Gasteiger partial charge in [-0.2, -0.15) is 0 Å². The van der Waals surface area contributed by atoms with Crippen LogP contribution in [0, 0.1) is 55.7 Å². The van der Waals surface area contributed by atoms with Crippen LogP contribution < -0.4 is 16.0 Å². The van der Waals surface area contributed by atoms with E-state index in [1.54, 1.807) is 48.2 Å². The molecule has 3 N–H and O–H groups in total. The molecule has 0 unspecified atom stereocenters. The third kappa shape index (κ3) is 13.7. The molecule has 6 aromatic carbocycles. The maximum Gasteiger partial charge on any atom is 0.140 e. The van der Waals surface area contributed by atoms with Crippen LogP contribution in [0.1, 0.15) is 89.7 Å². The van der Waals surface area contributed by atoms with Gasteiger partial charge in [0.05, 0.1) is 4.90 Å². The Morgan fingerprint density at radius 2 is 0.788 bits per heavy atom. The highest BCUT2D eigenvalue weighted by atomic mass is 32.2. The molecule has 0 saturated carbocycles. The van der Waals surface area contributed by atoms with Gasteiger partial charge in [0, 0.05) is 30.5 Å². The molecule has 3 aliphatic rings. The lowest BCUT2D eigenvalue weighted by Crippen LogP contribution is -2.27. The van der Waals surface area contributed by atoms with Crippen LogP contribution in [0.4, 0.5) is 26.3 Å². The Kier molecular flexibility index (Phi) is 18.2. The zero-order valence-corrected chi connectivity index (χ0v) is 40.1. The molecule has 0 radical (unpaired) electrons. The van der Waals surface area contributed by atoms with Crippen LogP contribution in [-0.2, 0) is 0 Å². The van der Waals surface area contributed by atoms with E-state index in [2.05, 4.69) is 54.1 Å². The fourth-order valence-electron chi connectivity index (χ4n) is 8.72. The highest BCUT2D eigenvalue weighted by molar-refractivity contribution is 8.00. The van der Waals surface area contributed by atoms with Gasteiger partial charge >= 0.3 is 0 Å². The summed E-state index contributed by atoms with van der Waals surface area (Å²) in [5.74, 6) is -0.933. The number of nitrogens with one attached hydrogen (secondary N) is 3. The molecule has 0 aliphatic carbocycles. The van der Waals surface area contributed by atoms with Gasteiger partial charge in [-0.3, -0.25) is 0 Å². The molecule has 3 nitrogen and oxygen atoms in total. The molecule has 0 bridgehead atoms. The molecular weight excluding hydrogens is 901 g/mol. The van der Waals surface area contributed by atoms with E-state index in [-0.39, 0.29) is 29.2 Å². The summed E-state index contributed by atoms with van der Waals surface area (Å²) in [5, 5.41) is 9.99. The molecule has 3 aliphatic heterocycles.